The van der Waals surface area contributed by atoms with Gasteiger partial charge in [-0.05, 0) is 24.0 Å². The second-order valence-corrected chi connectivity index (χ2v) is 6.59. The molecule has 0 radical (unpaired) electrons. The zero-order valence-corrected chi connectivity index (χ0v) is 11.7. The van der Waals surface area contributed by atoms with Crippen LogP contribution in [0.4, 0.5) is 0 Å². The monoisotopic (exact) mass is 273 g/mol. The van der Waals surface area contributed by atoms with Gasteiger partial charge in [0.25, 0.3) is 0 Å². The summed E-state index contributed by atoms with van der Waals surface area (Å²) in [5.74, 6) is -0.338. The summed E-state index contributed by atoms with van der Waals surface area (Å²) < 4.78 is 0. The molecule has 1 N–H and O–H groups in total. The lowest BCUT2D eigenvalue weighted by Gasteiger charge is -2.00. The molecule has 1 atom stereocenters. The van der Waals surface area contributed by atoms with E-state index < -0.39 is 5.97 Å². The van der Waals surface area contributed by atoms with Gasteiger partial charge in [-0.25, -0.2) is 9.78 Å². The van der Waals surface area contributed by atoms with Gasteiger partial charge in [-0.2, -0.15) is 0 Å². The number of carbonyl (C=O) groups is 1. The van der Waals surface area contributed by atoms with E-state index in [1.54, 1.807) is 29.5 Å². The number of aromatic nitrogens is 1. The third-order valence-corrected chi connectivity index (χ3v) is 4.70. The van der Waals surface area contributed by atoms with E-state index in [1.807, 2.05) is 11.4 Å². The Hall–Kier alpha value is -1.68. The van der Waals surface area contributed by atoms with Crippen molar-refractivity contribution in [2.75, 3.05) is 0 Å². The first-order valence-corrected chi connectivity index (χ1v) is 7.14. The Morgan fingerprint density at radius 2 is 2.21 bits per heavy atom. The summed E-state index contributed by atoms with van der Waals surface area (Å²) in [5.41, 5.74) is 2.43. The van der Waals surface area contributed by atoms with Gasteiger partial charge in [-0.15, -0.1) is 11.3 Å². The lowest BCUT2D eigenvalue weighted by molar-refractivity contribution is 0.0697. The molecule has 3 rings (SSSR count). The van der Waals surface area contributed by atoms with Crippen LogP contribution in [-0.4, -0.2) is 16.1 Å². The lowest BCUT2D eigenvalue weighted by Crippen LogP contribution is -1.95. The molecule has 3 nitrogen and oxygen atoms in total. The van der Waals surface area contributed by atoms with E-state index in [0.29, 0.717) is 16.9 Å². The number of carboxylic acid groups (broad SMARTS) is 1. The Labute approximate surface area is 115 Å². The molecule has 1 aromatic heterocycles. The quantitative estimate of drug-likeness (QED) is 0.918. The van der Waals surface area contributed by atoms with Gasteiger partial charge in [0, 0.05) is 16.9 Å². The molecular weight excluding hydrogens is 258 g/mol. The van der Waals surface area contributed by atoms with Crippen LogP contribution in [0.5, 0.6) is 0 Å². The van der Waals surface area contributed by atoms with E-state index in [0.717, 1.165) is 11.3 Å². The van der Waals surface area contributed by atoms with Gasteiger partial charge in [0.1, 0.15) is 0 Å². The zero-order chi connectivity index (χ0) is 13.6. The highest BCUT2D eigenvalue weighted by molar-refractivity contribution is 7.10. The average molecular weight is 273 g/mol. The van der Waals surface area contributed by atoms with Gasteiger partial charge in [0.15, 0.2) is 0 Å². The summed E-state index contributed by atoms with van der Waals surface area (Å²) in [6.07, 6.45) is 1.19. The van der Waals surface area contributed by atoms with Crippen molar-refractivity contribution in [1.82, 2.24) is 4.98 Å². The SMILES string of the molecule is CC1(C)CC1c1nc(-c2cccc(C(=O)O)c2)cs1. The summed E-state index contributed by atoms with van der Waals surface area (Å²) in [6.45, 7) is 4.51. The highest BCUT2D eigenvalue weighted by atomic mass is 32.1. The first-order valence-electron chi connectivity index (χ1n) is 6.26. The molecule has 98 valence electrons. The van der Waals surface area contributed by atoms with Gasteiger partial charge in [-0.3, -0.25) is 0 Å². The number of carboxylic acids is 1. The molecule has 1 fully saturated rings. The third kappa shape index (κ3) is 2.28. The van der Waals surface area contributed by atoms with E-state index in [9.17, 15) is 4.79 Å². The van der Waals surface area contributed by atoms with Crippen molar-refractivity contribution in [2.45, 2.75) is 26.2 Å². The smallest absolute Gasteiger partial charge is 0.335 e. The largest absolute Gasteiger partial charge is 0.478 e. The highest BCUT2D eigenvalue weighted by Gasteiger charge is 2.48. The topological polar surface area (TPSA) is 50.2 Å². The summed E-state index contributed by atoms with van der Waals surface area (Å²) in [5, 5.41) is 12.2. The minimum atomic E-state index is -0.902. The molecule has 1 aromatic carbocycles. The second-order valence-electron chi connectivity index (χ2n) is 5.70. The maximum Gasteiger partial charge on any atom is 0.335 e. The lowest BCUT2D eigenvalue weighted by atomic mass is 10.1. The Morgan fingerprint density at radius 1 is 1.47 bits per heavy atom. The predicted molar refractivity (Wildman–Crippen MR) is 75.6 cm³/mol. The zero-order valence-electron chi connectivity index (χ0n) is 10.9. The van der Waals surface area contributed by atoms with Crippen LogP contribution in [0.2, 0.25) is 0 Å². The van der Waals surface area contributed by atoms with Crippen molar-refractivity contribution in [3.8, 4) is 11.3 Å². The molecule has 1 saturated carbocycles. The maximum absolute atomic E-state index is 11.0. The van der Waals surface area contributed by atoms with Gasteiger partial charge < -0.3 is 5.11 Å². The number of nitrogens with zero attached hydrogens (tertiary/aromatic N) is 1. The normalized spacial score (nSPS) is 20.2. The molecule has 1 unspecified atom stereocenters. The molecule has 4 heteroatoms. The number of thiazole rings is 1. The fourth-order valence-corrected chi connectivity index (χ4v) is 3.42. The van der Waals surface area contributed by atoms with E-state index in [4.69, 9.17) is 5.11 Å². The van der Waals surface area contributed by atoms with Crippen molar-refractivity contribution < 1.29 is 9.90 Å². The van der Waals surface area contributed by atoms with Crippen molar-refractivity contribution in [3.63, 3.8) is 0 Å². The first-order chi connectivity index (χ1) is 8.97. The van der Waals surface area contributed by atoms with E-state index in [1.165, 1.54) is 11.4 Å². The van der Waals surface area contributed by atoms with Crippen molar-refractivity contribution in [3.05, 3.63) is 40.2 Å². The Balaban J connectivity index is 1.91. The second kappa shape index (κ2) is 4.17. The van der Waals surface area contributed by atoms with Gasteiger partial charge in [0.05, 0.1) is 16.3 Å². The molecule has 0 saturated heterocycles. The molecule has 1 heterocycles. The van der Waals surface area contributed by atoms with E-state index in [2.05, 4.69) is 18.8 Å². The molecule has 19 heavy (non-hydrogen) atoms. The first kappa shape index (κ1) is 12.4. The van der Waals surface area contributed by atoms with Gasteiger partial charge in [0.2, 0.25) is 0 Å². The van der Waals surface area contributed by atoms with Gasteiger partial charge in [-0.1, -0.05) is 26.0 Å². The van der Waals surface area contributed by atoms with Crippen LogP contribution in [0.3, 0.4) is 0 Å². The standard InChI is InChI=1S/C15H15NO2S/c1-15(2)7-11(15)13-16-12(8-19-13)9-4-3-5-10(6-9)14(17)18/h3-6,8,11H,7H2,1-2H3,(H,17,18). The van der Waals surface area contributed by atoms with Crippen LogP contribution in [0, 0.1) is 5.41 Å². The summed E-state index contributed by atoms with van der Waals surface area (Å²) in [6, 6.07) is 6.95. The number of rotatable bonds is 3. The number of hydrogen-bond donors (Lipinski definition) is 1. The number of hydrogen-bond acceptors (Lipinski definition) is 3. The summed E-state index contributed by atoms with van der Waals surface area (Å²) in [4.78, 5) is 15.6. The van der Waals surface area contributed by atoms with E-state index >= 15 is 0 Å². The predicted octanol–water partition coefficient (Wildman–Crippen LogP) is 4.02. The van der Waals surface area contributed by atoms with Crippen molar-refractivity contribution in [1.29, 1.82) is 0 Å². The average Bonchev–Trinajstić information content (AvgIpc) is 2.81. The van der Waals surface area contributed by atoms with Crippen molar-refractivity contribution >= 4 is 17.3 Å². The summed E-state index contributed by atoms with van der Waals surface area (Å²) >= 11 is 1.67. The molecule has 1 aliphatic carbocycles. The van der Waals surface area contributed by atoms with Crippen LogP contribution in [-0.2, 0) is 0 Å². The molecule has 0 bridgehead atoms. The molecular formula is C15H15NO2S. The van der Waals surface area contributed by atoms with Crippen LogP contribution >= 0.6 is 11.3 Å². The summed E-state index contributed by atoms with van der Waals surface area (Å²) in [7, 11) is 0. The van der Waals surface area contributed by atoms with E-state index in [-0.39, 0.29) is 0 Å². The third-order valence-electron chi connectivity index (χ3n) is 3.74. The molecule has 0 aliphatic heterocycles. The van der Waals surface area contributed by atoms with Crippen molar-refractivity contribution in [2.24, 2.45) is 5.41 Å². The molecule has 1 aliphatic rings. The van der Waals surface area contributed by atoms with Crippen LogP contribution in [0.1, 0.15) is 41.6 Å². The Morgan fingerprint density at radius 3 is 2.84 bits per heavy atom. The minimum absolute atomic E-state index is 0.304. The van der Waals surface area contributed by atoms with Crippen LogP contribution in [0.15, 0.2) is 29.6 Å². The fourth-order valence-electron chi connectivity index (χ4n) is 2.28. The molecule has 2 aromatic rings. The number of aromatic carboxylic acids is 1. The molecule has 0 spiro atoms. The minimum Gasteiger partial charge on any atom is -0.478 e. The maximum atomic E-state index is 11.0. The fraction of sp³-hybridized carbons (Fsp3) is 0.333. The van der Waals surface area contributed by atoms with Crippen LogP contribution in [0.25, 0.3) is 11.3 Å². The number of benzene rings is 1. The Bertz CT molecular complexity index is 645. The van der Waals surface area contributed by atoms with Gasteiger partial charge >= 0.3 is 5.97 Å². The highest BCUT2D eigenvalue weighted by Crippen LogP contribution is 2.59. The molecule has 0 amide bonds. The Kier molecular flexibility index (Phi) is 2.71. The van der Waals surface area contributed by atoms with Crippen LogP contribution < -0.4 is 0 Å².